The predicted molar refractivity (Wildman–Crippen MR) is 110 cm³/mol. The number of rotatable bonds is 4. The Kier molecular flexibility index (Phi) is 6.73. The topological polar surface area (TPSA) is 66.3 Å². The van der Waals surface area contributed by atoms with E-state index in [9.17, 15) is 4.79 Å². The summed E-state index contributed by atoms with van der Waals surface area (Å²) < 4.78 is 1.96. The summed E-state index contributed by atoms with van der Waals surface area (Å²) >= 11 is 1.75. The first-order valence-corrected chi connectivity index (χ1v) is 10.3. The molecular weight excluding hydrogens is 384 g/mol. The van der Waals surface area contributed by atoms with Gasteiger partial charge in [-0.3, -0.25) is 9.48 Å². The number of aryl methyl sites for hydroxylation is 1. The molecule has 0 radical (unpaired) electrons. The molecule has 0 aromatic carbocycles. The van der Waals surface area contributed by atoms with Gasteiger partial charge in [0.15, 0.2) is 5.13 Å². The quantitative estimate of drug-likeness (QED) is 0.837. The molecule has 1 atom stereocenters. The second kappa shape index (κ2) is 9.03. The van der Waals surface area contributed by atoms with Crippen LogP contribution in [0, 0.1) is 0 Å². The molecular formula is C18H27ClN6OS. The van der Waals surface area contributed by atoms with Gasteiger partial charge in [-0.15, -0.1) is 23.7 Å². The standard InChI is InChI=1S/C18H26N6OS.ClH/c1-2-15-13-20-18(26-15)23-10-8-22(9-11-23)17(25)16-5-7-24(21-16)14-4-3-6-19-12-14;/h5,7,13-14,19H,2-4,6,8-12H2,1H3;1H. The lowest BCUT2D eigenvalue weighted by Crippen LogP contribution is -2.49. The van der Waals surface area contributed by atoms with E-state index in [1.165, 1.54) is 4.88 Å². The van der Waals surface area contributed by atoms with Gasteiger partial charge in [0.1, 0.15) is 5.69 Å². The summed E-state index contributed by atoms with van der Waals surface area (Å²) in [5.41, 5.74) is 0.562. The van der Waals surface area contributed by atoms with E-state index in [4.69, 9.17) is 0 Å². The smallest absolute Gasteiger partial charge is 0.274 e. The van der Waals surface area contributed by atoms with Crippen LogP contribution in [0.2, 0.25) is 0 Å². The van der Waals surface area contributed by atoms with Crippen molar-refractivity contribution in [1.82, 2.24) is 25.0 Å². The lowest BCUT2D eigenvalue weighted by Gasteiger charge is -2.34. The number of piperidine rings is 1. The fourth-order valence-corrected chi connectivity index (χ4v) is 4.49. The summed E-state index contributed by atoms with van der Waals surface area (Å²) in [5.74, 6) is 0.0422. The molecule has 4 heterocycles. The molecule has 1 unspecified atom stereocenters. The van der Waals surface area contributed by atoms with Crippen molar-refractivity contribution in [3.05, 3.63) is 29.0 Å². The highest BCUT2D eigenvalue weighted by Crippen LogP contribution is 2.24. The maximum atomic E-state index is 12.8. The second-order valence-electron chi connectivity index (χ2n) is 6.92. The maximum absolute atomic E-state index is 12.8. The monoisotopic (exact) mass is 410 g/mol. The highest BCUT2D eigenvalue weighted by atomic mass is 35.5. The van der Waals surface area contributed by atoms with Crippen molar-refractivity contribution < 1.29 is 4.79 Å². The molecule has 4 rings (SSSR count). The molecule has 27 heavy (non-hydrogen) atoms. The van der Waals surface area contributed by atoms with E-state index in [1.54, 1.807) is 11.3 Å². The number of halogens is 1. The van der Waals surface area contributed by atoms with Crippen LogP contribution < -0.4 is 10.2 Å². The first kappa shape index (κ1) is 20.1. The zero-order valence-electron chi connectivity index (χ0n) is 15.6. The van der Waals surface area contributed by atoms with Crippen LogP contribution in [0.3, 0.4) is 0 Å². The number of amides is 1. The lowest BCUT2D eigenvalue weighted by atomic mass is 10.1. The molecule has 1 amide bonds. The van der Waals surface area contributed by atoms with Gasteiger partial charge in [-0.1, -0.05) is 6.92 Å². The number of piperazine rings is 1. The number of aromatic nitrogens is 3. The third-order valence-corrected chi connectivity index (χ3v) is 6.40. The molecule has 0 saturated carbocycles. The third-order valence-electron chi connectivity index (χ3n) is 5.20. The van der Waals surface area contributed by atoms with Gasteiger partial charge in [0, 0.05) is 50.0 Å². The highest BCUT2D eigenvalue weighted by molar-refractivity contribution is 7.15. The Morgan fingerprint density at radius 3 is 2.81 bits per heavy atom. The number of hydrogen-bond donors (Lipinski definition) is 1. The van der Waals surface area contributed by atoms with Crippen LogP contribution in [0.5, 0.6) is 0 Å². The largest absolute Gasteiger partial charge is 0.345 e. The maximum Gasteiger partial charge on any atom is 0.274 e. The van der Waals surface area contributed by atoms with Crippen LogP contribution in [0.1, 0.15) is 41.2 Å². The van der Waals surface area contributed by atoms with Crippen molar-refractivity contribution in [3.63, 3.8) is 0 Å². The second-order valence-corrected chi connectivity index (χ2v) is 8.02. The summed E-state index contributed by atoms with van der Waals surface area (Å²) in [6.07, 6.45) is 7.21. The van der Waals surface area contributed by atoms with Crippen molar-refractivity contribution in [2.45, 2.75) is 32.2 Å². The van der Waals surface area contributed by atoms with E-state index in [0.717, 1.165) is 63.7 Å². The zero-order chi connectivity index (χ0) is 17.9. The summed E-state index contributed by atoms with van der Waals surface area (Å²) in [6, 6.07) is 2.22. The average Bonchev–Trinajstić information content (AvgIpc) is 3.38. The molecule has 9 heteroatoms. The minimum Gasteiger partial charge on any atom is -0.345 e. The Labute approximate surface area is 170 Å². The summed E-state index contributed by atoms with van der Waals surface area (Å²) in [4.78, 5) is 22.8. The number of carbonyl (C=O) groups excluding carboxylic acids is 1. The van der Waals surface area contributed by atoms with Crippen molar-refractivity contribution in [3.8, 4) is 0 Å². The highest BCUT2D eigenvalue weighted by Gasteiger charge is 2.26. The van der Waals surface area contributed by atoms with Crippen molar-refractivity contribution >= 4 is 34.8 Å². The van der Waals surface area contributed by atoms with Crippen LogP contribution >= 0.6 is 23.7 Å². The Bertz CT molecular complexity index is 749. The van der Waals surface area contributed by atoms with Gasteiger partial charge < -0.3 is 15.1 Å². The van der Waals surface area contributed by atoms with Gasteiger partial charge in [0.2, 0.25) is 0 Å². The molecule has 7 nitrogen and oxygen atoms in total. The first-order chi connectivity index (χ1) is 12.7. The average molecular weight is 411 g/mol. The zero-order valence-corrected chi connectivity index (χ0v) is 17.3. The van der Waals surface area contributed by atoms with Gasteiger partial charge in [-0.2, -0.15) is 5.10 Å². The molecule has 0 spiro atoms. The predicted octanol–water partition coefficient (Wildman–Crippen LogP) is 2.21. The number of carbonyl (C=O) groups is 1. The van der Waals surface area contributed by atoms with Gasteiger partial charge in [0.05, 0.1) is 6.04 Å². The molecule has 2 fully saturated rings. The van der Waals surface area contributed by atoms with E-state index in [-0.39, 0.29) is 18.3 Å². The van der Waals surface area contributed by atoms with Crippen LogP contribution in [-0.2, 0) is 6.42 Å². The Morgan fingerprint density at radius 1 is 1.33 bits per heavy atom. The Hall–Kier alpha value is -1.64. The van der Waals surface area contributed by atoms with Crippen LogP contribution in [0.15, 0.2) is 18.5 Å². The van der Waals surface area contributed by atoms with Gasteiger partial charge >= 0.3 is 0 Å². The van der Waals surface area contributed by atoms with Crippen molar-refractivity contribution in [2.24, 2.45) is 0 Å². The SMILES string of the molecule is CCc1cnc(N2CCN(C(=O)c3ccn(C4CCCNC4)n3)CC2)s1.Cl. The van der Waals surface area contributed by atoms with Crippen molar-refractivity contribution in [1.29, 1.82) is 0 Å². The number of thiazole rings is 1. The summed E-state index contributed by atoms with van der Waals surface area (Å²) in [7, 11) is 0. The lowest BCUT2D eigenvalue weighted by molar-refractivity contribution is 0.0739. The third kappa shape index (κ3) is 4.44. The van der Waals surface area contributed by atoms with Crippen LogP contribution in [-0.4, -0.2) is 64.8 Å². The van der Waals surface area contributed by atoms with E-state index in [2.05, 4.69) is 27.2 Å². The molecule has 0 aliphatic carbocycles. The molecule has 2 aromatic rings. The molecule has 2 saturated heterocycles. The van der Waals surface area contributed by atoms with E-state index < -0.39 is 0 Å². The minimum absolute atomic E-state index is 0. The van der Waals surface area contributed by atoms with Gasteiger partial charge in [0.25, 0.3) is 5.91 Å². The number of nitrogens with zero attached hydrogens (tertiary/aromatic N) is 5. The normalized spacial score (nSPS) is 20.4. The van der Waals surface area contributed by atoms with Crippen LogP contribution in [0.25, 0.3) is 0 Å². The first-order valence-electron chi connectivity index (χ1n) is 9.49. The van der Waals surface area contributed by atoms with Crippen molar-refractivity contribution in [2.75, 3.05) is 44.2 Å². The molecule has 2 aliphatic rings. The van der Waals surface area contributed by atoms with Crippen LogP contribution in [0.4, 0.5) is 5.13 Å². The minimum atomic E-state index is 0. The number of anilines is 1. The summed E-state index contributed by atoms with van der Waals surface area (Å²) in [5, 5.41) is 9.03. The fourth-order valence-electron chi connectivity index (χ4n) is 3.58. The molecule has 2 aromatic heterocycles. The molecule has 148 valence electrons. The van der Waals surface area contributed by atoms with E-state index >= 15 is 0 Å². The summed E-state index contributed by atoms with van der Waals surface area (Å²) in [6.45, 7) is 7.26. The molecule has 2 aliphatic heterocycles. The van der Waals surface area contributed by atoms with Gasteiger partial charge in [-0.25, -0.2) is 4.98 Å². The molecule has 0 bridgehead atoms. The van der Waals surface area contributed by atoms with E-state index in [0.29, 0.717) is 11.7 Å². The Morgan fingerprint density at radius 2 is 2.15 bits per heavy atom. The number of hydrogen-bond acceptors (Lipinski definition) is 6. The fraction of sp³-hybridized carbons (Fsp3) is 0.611. The Balaban J connectivity index is 0.00000210. The molecule has 1 N–H and O–H groups in total. The van der Waals surface area contributed by atoms with Gasteiger partial charge in [-0.05, 0) is 31.9 Å². The number of nitrogens with one attached hydrogen (secondary N) is 1. The van der Waals surface area contributed by atoms with E-state index in [1.807, 2.05) is 28.0 Å².